The van der Waals surface area contributed by atoms with Gasteiger partial charge in [-0.2, -0.15) is 11.8 Å². The monoisotopic (exact) mass is 386 g/mol. The molecule has 2 aliphatic heterocycles. The minimum absolute atomic E-state index is 0.00485. The van der Waals surface area contributed by atoms with Gasteiger partial charge in [-0.15, -0.1) is 0 Å². The van der Waals surface area contributed by atoms with Crippen molar-refractivity contribution >= 4 is 23.7 Å². The highest BCUT2D eigenvalue weighted by molar-refractivity contribution is 7.99. The lowest BCUT2D eigenvalue weighted by Gasteiger charge is -2.43. The van der Waals surface area contributed by atoms with Gasteiger partial charge in [-0.1, -0.05) is 13.8 Å². The van der Waals surface area contributed by atoms with E-state index < -0.39 is 6.04 Å². The average Bonchev–Trinajstić information content (AvgIpc) is 3.09. The Balaban J connectivity index is 1.93. The number of amides is 3. The Hall–Kier alpha value is -0.990. The maximum atomic E-state index is 12.5. The Bertz CT molecular complexity index is 475. The fraction of sp³-hybridized carbons (Fsp3) is 0.889. The molecule has 2 aliphatic rings. The molecule has 0 radical (unpaired) electrons. The van der Waals surface area contributed by atoms with E-state index in [1.54, 1.807) is 14.1 Å². The number of carbonyl (C=O) groups excluding carboxylic acids is 2. The van der Waals surface area contributed by atoms with Crippen LogP contribution in [0.5, 0.6) is 0 Å². The van der Waals surface area contributed by atoms with E-state index in [0.717, 1.165) is 44.2 Å². The third kappa shape index (κ3) is 5.76. The molecule has 2 heterocycles. The number of nitrogens with zero attached hydrogens (tertiary/aromatic N) is 2. The van der Waals surface area contributed by atoms with Crippen molar-refractivity contribution < 1.29 is 14.3 Å². The lowest BCUT2D eigenvalue weighted by Crippen LogP contribution is -2.60. The molecule has 26 heavy (non-hydrogen) atoms. The Labute approximate surface area is 161 Å². The summed E-state index contributed by atoms with van der Waals surface area (Å²) >= 11 is 1.94. The summed E-state index contributed by atoms with van der Waals surface area (Å²) in [4.78, 5) is 28.8. The number of nitrogens with one attached hydrogen (secondary N) is 2. The van der Waals surface area contributed by atoms with Crippen molar-refractivity contribution in [2.75, 3.05) is 58.4 Å². The highest BCUT2D eigenvalue weighted by Crippen LogP contribution is 2.33. The zero-order chi connectivity index (χ0) is 19.2. The molecular formula is C18H34N4O3S. The number of ether oxygens (including phenoxy) is 1. The molecule has 0 spiro atoms. The van der Waals surface area contributed by atoms with Crippen molar-refractivity contribution in [1.82, 2.24) is 20.4 Å². The smallest absolute Gasteiger partial charge is 0.315 e. The van der Waals surface area contributed by atoms with Gasteiger partial charge in [0.05, 0.1) is 13.2 Å². The molecule has 150 valence electrons. The molecule has 0 aromatic rings. The summed E-state index contributed by atoms with van der Waals surface area (Å²) in [7, 11) is 3.44. The van der Waals surface area contributed by atoms with Crippen LogP contribution >= 0.6 is 11.8 Å². The molecule has 0 saturated carbocycles. The third-order valence-electron chi connectivity index (χ3n) is 5.09. The van der Waals surface area contributed by atoms with Gasteiger partial charge in [0.15, 0.2) is 0 Å². The van der Waals surface area contributed by atoms with Gasteiger partial charge in [0.25, 0.3) is 0 Å². The lowest BCUT2D eigenvalue weighted by molar-refractivity contribution is -0.131. The molecule has 7 nitrogen and oxygen atoms in total. The van der Waals surface area contributed by atoms with E-state index in [0.29, 0.717) is 18.9 Å². The first-order chi connectivity index (χ1) is 12.3. The molecule has 0 aromatic heterocycles. The van der Waals surface area contributed by atoms with E-state index in [2.05, 4.69) is 29.4 Å². The molecule has 2 saturated heterocycles. The largest absolute Gasteiger partial charge is 0.379 e. The van der Waals surface area contributed by atoms with Gasteiger partial charge >= 0.3 is 6.03 Å². The van der Waals surface area contributed by atoms with Crippen LogP contribution in [0.4, 0.5) is 4.79 Å². The zero-order valence-corrected chi connectivity index (χ0v) is 17.4. The van der Waals surface area contributed by atoms with E-state index >= 15 is 0 Å². The topological polar surface area (TPSA) is 73.9 Å². The van der Waals surface area contributed by atoms with Crippen molar-refractivity contribution in [3.63, 3.8) is 0 Å². The van der Waals surface area contributed by atoms with E-state index in [-0.39, 0.29) is 17.5 Å². The summed E-state index contributed by atoms with van der Waals surface area (Å²) in [6.45, 7) is 8.06. The summed E-state index contributed by atoms with van der Waals surface area (Å²) in [5.74, 6) is 2.41. The number of hydrogen-bond acceptors (Lipinski definition) is 5. The molecule has 8 heteroatoms. The summed E-state index contributed by atoms with van der Waals surface area (Å²) in [6.07, 6.45) is 1.71. The predicted molar refractivity (Wildman–Crippen MR) is 106 cm³/mol. The molecule has 0 aromatic carbocycles. The third-order valence-corrected chi connectivity index (χ3v) is 6.33. The maximum absolute atomic E-state index is 12.5. The van der Waals surface area contributed by atoms with E-state index in [1.807, 2.05) is 11.8 Å². The van der Waals surface area contributed by atoms with E-state index in [1.165, 1.54) is 4.90 Å². The minimum Gasteiger partial charge on any atom is -0.379 e. The van der Waals surface area contributed by atoms with Crippen LogP contribution in [0.25, 0.3) is 0 Å². The minimum atomic E-state index is -0.484. The fourth-order valence-corrected chi connectivity index (χ4v) is 5.07. The average molecular weight is 387 g/mol. The second kappa shape index (κ2) is 9.80. The van der Waals surface area contributed by atoms with Crippen molar-refractivity contribution in [3.8, 4) is 0 Å². The van der Waals surface area contributed by atoms with Gasteiger partial charge in [0.1, 0.15) is 6.04 Å². The van der Waals surface area contributed by atoms with Crippen LogP contribution in [0.1, 0.15) is 26.7 Å². The van der Waals surface area contributed by atoms with Gasteiger partial charge in [-0.05, 0) is 24.5 Å². The number of morpholine rings is 1. The Morgan fingerprint density at radius 2 is 1.96 bits per heavy atom. The Kier molecular flexibility index (Phi) is 8.04. The van der Waals surface area contributed by atoms with Crippen LogP contribution in [0, 0.1) is 5.92 Å². The van der Waals surface area contributed by atoms with E-state index in [9.17, 15) is 9.59 Å². The molecule has 0 aliphatic carbocycles. The van der Waals surface area contributed by atoms with Crippen LogP contribution in [0.15, 0.2) is 0 Å². The molecule has 2 rings (SSSR count). The summed E-state index contributed by atoms with van der Waals surface area (Å²) in [6, 6.07) is -0.738. The predicted octanol–water partition coefficient (Wildman–Crippen LogP) is 0.996. The first-order valence-corrected chi connectivity index (χ1v) is 10.7. The molecular weight excluding hydrogens is 352 g/mol. The van der Waals surface area contributed by atoms with Crippen molar-refractivity contribution in [2.24, 2.45) is 5.92 Å². The molecule has 0 bridgehead atoms. The highest BCUT2D eigenvalue weighted by atomic mass is 32.2. The summed E-state index contributed by atoms with van der Waals surface area (Å²) < 4.78 is 5.48. The Morgan fingerprint density at radius 1 is 1.27 bits per heavy atom. The highest BCUT2D eigenvalue weighted by Gasteiger charge is 2.41. The van der Waals surface area contributed by atoms with Gasteiger partial charge in [-0.3, -0.25) is 9.69 Å². The lowest BCUT2D eigenvalue weighted by atomic mass is 9.95. The molecule has 0 unspecified atom stereocenters. The second-order valence-electron chi connectivity index (χ2n) is 7.87. The number of rotatable bonds is 7. The quantitative estimate of drug-likeness (QED) is 0.683. The van der Waals surface area contributed by atoms with Gasteiger partial charge in [0.2, 0.25) is 5.91 Å². The summed E-state index contributed by atoms with van der Waals surface area (Å²) in [5.41, 5.74) is 0.00485. The zero-order valence-electron chi connectivity index (χ0n) is 16.5. The number of thioether (sulfide) groups is 1. The van der Waals surface area contributed by atoms with Gasteiger partial charge in [0, 0.05) is 45.0 Å². The van der Waals surface area contributed by atoms with Gasteiger partial charge in [-0.25, -0.2) is 4.79 Å². The summed E-state index contributed by atoms with van der Waals surface area (Å²) in [5, 5.41) is 5.93. The fourth-order valence-electron chi connectivity index (χ4n) is 3.59. The van der Waals surface area contributed by atoms with E-state index in [4.69, 9.17) is 4.74 Å². The molecule has 2 N–H and O–H groups in total. The van der Waals surface area contributed by atoms with Crippen molar-refractivity contribution in [1.29, 1.82) is 0 Å². The first-order valence-electron chi connectivity index (χ1n) is 9.50. The molecule has 3 amide bonds. The van der Waals surface area contributed by atoms with Crippen LogP contribution in [-0.2, 0) is 9.53 Å². The second-order valence-corrected chi connectivity index (χ2v) is 8.97. The number of carbonyl (C=O) groups is 2. The van der Waals surface area contributed by atoms with Crippen LogP contribution in [0.2, 0.25) is 0 Å². The van der Waals surface area contributed by atoms with Crippen LogP contribution in [-0.4, -0.2) is 91.8 Å². The number of likely N-dealkylation sites (N-methyl/N-ethyl adjacent to an activating group) is 1. The van der Waals surface area contributed by atoms with Crippen LogP contribution in [0.3, 0.4) is 0 Å². The SMILES string of the molecule is CC(C)C[C@H](NC(=O)NC[C@]1(N2CCOCC2)CCSC1)C(=O)N(C)C. The normalized spacial score (nSPS) is 25.1. The number of urea groups is 1. The first kappa shape index (κ1) is 21.3. The number of hydrogen-bond donors (Lipinski definition) is 2. The van der Waals surface area contributed by atoms with Crippen molar-refractivity contribution in [2.45, 2.75) is 38.3 Å². The standard InChI is InChI=1S/C18H34N4O3S/c1-14(2)11-15(16(23)21(3)4)20-17(24)19-12-18(5-10-26-13-18)22-6-8-25-9-7-22/h14-15H,5-13H2,1-4H3,(H2,19,20,24)/t15-,18+/m0/s1. The van der Waals surface area contributed by atoms with Crippen molar-refractivity contribution in [3.05, 3.63) is 0 Å². The maximum Gasteiger partial charge on any atom is 0.315 e. The molecule has 2 fully saturated rings. The van der Waals surface area contributed by atoms with Gasteiger partial charge < -0.3 is 20.3 Å². The molecule has 2 atom stereocenters. The Morgan fingerprint density at radius 3 is 2.50 bits per heavy atom. The van der Waals surface area contributed by atoms with Crippen LogP contribution < -0.4 is 10.6 Å².